The zero-order valence-corrected chi connectivity index (χ0v) is 15.2. The van der Waals surface area contributed by atoms with Crippen LogP contribution in [0.1, 0.15) is 29.7 Å². The van der Waals surface area contributed by atoms with Crippen molar-refractivity contribution in [3.63, 3.8) is 0 Å². The summed E-state index contributed by atoms with van der Waals surface area (Å²) in [5.74, 6) is -1.14. The van der Waals surface area contributed by atoms with Crippen LogP contribution < -0.4 is 4.72 Å². The third-order valence-electron chi connectivity index (χ3n) is 4.16. The first-order chi connectivity index (χ1) is 12.3. The quantitative estimate of drug-likeness (QED) is 0.899. The summed E-state index contributed by atoms with van der Waals surface area (Å²) in [6, 6.07) is 12.2. The number of rotatable bonds is 3. The molecule has 1 N–H and O–H groups in total. The molecule has 1 aliphatic heterocycles. The van der Waals surface area contributed by atoms with Crippen molar-refractivity contribution in [2.45, 2.75) is 24.8 Å². The molecule has 0 fully saturated rings. The molecular formula is C19H18N2O4S. The van der Waals surface area contributed by atoms with E-state index in [9.17, 15) is 18.0 Å². The number of hydrogen-bond donors (Lipinski definition) is 1. The van der Waals surface area contributed by atoms with Crippen molar-refractivity contribution in [2.24, 2.45) is 0 Å². The minimum atomic E-state index is -4.04. The molecule has 0 saturated carbocycles. The first-order valence-corrected chi connectivity index (χ1v) is 9.47. The molecule has 1 atom stereocenters. The van der Waals surface area contributed by atoms with Gasteiger partial charge in [-0.25, -0.2) is 13.1 Å². The van der Waals surface area contributed by atoms with Crippen molar-refractivity contribution in [1.82, 2.24) is 9.62 Å². The first-order valence-electron chi connectivity index (χ1n) is 7.99. The lowest BCUT2D eigenvalue weighted by atomic mass is 9.96. The van der Waals surface area contributed by atoms with Gasteiger partial charge in [0.15, 0.2) is 0 Å². The van der Waals surface area contributed by atoms with Crippen LogP contribution in [0.3, 0.4) is 0 Å². The number of benzene rings is 2. The monoisotopic (exact) mass is 370 g/mol. The number of amides is 2. The molecule has 0 bridgehead atoms. The van der Waals surface area contributed by atoms with Crippen molar-refractivity contribution < 1.29 is 18.0 Å². The standard InChI is InChI=1S/C19H18N2O4S/c1-13-7-9-16(10-8-13)26(24,25)20-19(23)18-17-6-4-3-5-15(17)11-12-21(18)14(2)22/h3-12,18H,1-2H3,(H,20,23). The molecule has 134 valence electrons. The molecule has 0 radical (unpaired) electrons. The highest BCUT2D eigenvalue weighted by Crippen LogP contribution is 2.31. The van der Waals surface area contributed by atoms with Crippen molar-refractivity contribution >= 4 is 27.9 Å². The Morgan fingerprint density at radius 1 is 1.04 bits per heavy atom. The summed E-state index contributed by atoms with van der Waals surface area (Å²) in [6.45, 7) is 3.16. The highest BCUT2D eigenvalue weighted by Gasteiger charge is 2.34. The van der Waals surface area contributed by atoms with E-state index in [1.165, 1.54) is 30.2 Å². The van der Waals surface area contributed by atoms with Crippen LogP contribution in [0.4, 0.5) is 0 Å². The zero-order chi connectivity index (χ0) is 18.9. The molecule has 7 heteroatoms. The summed E-state index contributed by atoms with van der Waals surface area (Å²) < 4.78 is 27.2. The number of carbonyl (C=O) groups is 2. The zero-order valence-electron chi connectivity index (χ0n) is 14.3. The van der Waals surface area contributed by atoms with Gasteiger partial charge < -0.3 is 4.90 Å². The molecule has 2 aromatic carbocycles. The lowest BCUT2D eigenvalue weighted by Gasteiger charge is -2.31. The van der Waals surface area contributed by atoms with Crippen LogP contribution in [0, 0.1) is 6.92 Å². The third-order valence-corrected chi connectivity index (χ3v) is 5.52. The molecule has 0 spiro atoms. The Balaban J connectivity index is 1.95. The van der Waals surface area contributed by atoms with E-state index in [4.69, 9.17) is 0 Å². The highest BCUT2D eigenvalue weighted by atomic mass is 32.2. The SMILES string of the molecule is CC(=O)N1C=Cc2ccccc2C1C(=O)NS(=O)(=O)c1ccc(C)cc1. The Kier molecular flexibility index (Phi) is 4.65. The predicted molar refractivity (Wildman–Crippen MR) is 97.2 cm³/mol. The van der Waals surface area contributed by atoms with E-state index in [-0.39, 0.29) is 10.8 Å². The van der Waals surface area contributed by atoms with Crippen molar-refractivity contribution in [2.75, 3.05) is 0 Å². The Hall–Kier alpha value is -2.93. The summed E-state index contributed by atoms with van der Waals surface area (Å²) in [6.07, 6.45) is 3.21. The fourth-order valence-corrected chi connectivity index (χ4v) is 3.82. The number of carbonyl (C=O) groups excluding carboxylic acids is 2. The van der Waals surface area contributed by atoms with Crippen LogP contribution in [0.25, 0.3) is 6.08 Å². The van der Waals surface area contributed by atoms with Crippen LogP contribution in [0.15, 0.2) is 59.6 Å². The molecule has 2 aromatic rings. The Bertz CT molecular complexity index is 994. The van der Waals surface area contributed by atoms with E-state index in [0.29, 0.717) is 5.56 Å². The second kappa shape index (κ2) is 6.76. The smallest absolute Gasteiger partial charge is 0.264 e. The molecule has 0 aliphatic carbocycles. The van der Waals surface area contributed by atoms with E-state index >= 15 is 0 Å². The van der Waals surface area contributed by atoms with Gasteiger partial charge in [0.1, 0.15) is 6.04 Å². The second-order valence-corrected chi connectivity index (χ2v) is 7.74. The number of nitrogens with zero attached hydrogens (tertiary/aromatic N) is 1. The van der Waals surface area contributed by atoms with E-state index < -0.39 is 22.0 Å². The Morgan fingerprint density at radius 3 is 2.35 bits per heavy atom. The normalized spacial score (nSPS) is 16.1. The highest BCUT2D eigenvalue weighted by molar-refractivity contribution is 7.90. The van der Waals surface area contributed by atoms with Gasteiger partial charge in [-0.05, 0) is 36.3 Å². The molecule has 2 amide bonds. The minimum absolute atomic E-state index is 0.00883. The minimum Gasteiger partial charge on any atom is -0.303 e. The average molecular weight is 370 g/mol. The summed E-state index contributed by atoms with van der Waals surface area (Å²) in [4.78, 5) is 26.0. The van der Waals surface area contributed by atoms with Crippen LogP contribution in [0.2, 0.25) is 0 Å². The molecule has 26 heavy (non-hydrogen) atoms. The fourth-order valence-electron chi connectivity index (χ4n) is 2.83. The van der Waals surface area contributed by atoms with Gasteiger partial charge in [0, 0.05) is 13.1 Å². The maximum Gasteiger partial charge on any atom is 0.264 e. The molecule has 0 aromatic heterocycles. The van der Waals surface area contributed by atoms with Gasteiger partial charge in [-0.2, -0.15) is 0 Å². The van der Waals surface area contributed by atoms with E-state index in [1.54, 1.807) is 36.4 Å². The van der Waals surface area contributed by atoms with E-state index in [1.807, 2.05) is 13.0 Å². The van der Waals surface area contributed by atoms with Gasteiger partial charge in [0.2, 0.25) is 5.91 Å². The van der Waals surface area contributed by atoms with Crippen LogP contribution in [0.5, 0.6) is 0 Å². The van der Waals surface area contributed by atoms with Crippen LogP contribution in [-0.2, 0) is 19.6 Å². The molecular weight excluding hydrogens is 352 g/mol. The topological polar surface area (TPSA) is 83.6 Å². The summed E-state index contributed by atoms with van der Waals surface area (Å²) >= 11 is 0. The molecule has 1 heterocycles. The van der Waals surface area contributed by atoms with Gasteiger partial charge in [0.05, 0.1) is 4.90 Å². The van der Waals surface area contributed by atoms with Crippen molar-refractivity contribution in [3.8, 4) is 0 Å². The van der Waals surface area contributed by atoms with Crippen molar-refractivity contribution in [1.29, 1.82) is 0 Å². The molecule has 3 rings (SSSR count). The van der Waals surface area contributed by atoms with Gasteiger partial charge in [0.25, 0.3) is 15.9 Å². The maximum atomic E-state index is 12.8. The number of nitrogens with one attached hydrogen (secondary N) is 1. The average Bonchev–Trinajstić information content (AvgIpc) is 2.60. The predicted octanol–water partition coefficient (Wildman–Crippen LogP) is 2.37. The lowest BCUT2D eigenvalue weighted by Crippen LogP contribution is -2.43. The molecule has 6 nitrogen and oxygen atoms in total. The van der Waals surface area contributed by atoms with Gasteiger partial charge >= 0.3 is 0 Å². The summed E-state index contributed by atoms with van der Waals surface area (Å²) in [5, 5.41) is 0. The molecule has 0 saturated heterocycles. The van der Waals surface area contributed by atoms with E-state index in [2.05, 4.69) is 4.72 Å². The number of sulfonamides is 1. The first kappa shape index (κ1) is 17.9. The summed E-state index contributed by atoms with van der Waals surface area (Å²) in [5.41, 5.74) is 2.24. The van der Waals surface area contributed by atoms with Crippen molar-refractivity contribution in [3.05, 3.63) is 71.4 Å². The Morgan fingerprint density at radius 2 is 1.69 bits per heavy atom. The Labute approximate surface area is 152 Å². The molecule has 1 unspecified atom stereocenters. The van der Waals surface area contributed by atoms with Gasteiger partial charge in [-0.15, -0.1) is 0 Å². The number of hydrogen-bond acceptors (Lipinski definition) is 4. The molecule has 1 aliphatic rings. The number of aryl methyl sites for hydroxylation is 1. The third kappa shape index (κ3) is 3.39. The van der Waals surface area contributed by atoms with Gasteiger partial charge in [-0.3, -0.25) is 9.59 Å². The van der Waals surface area contributed by atoms with Crippen LogP contribution in [-0.4, -0.2) is 25.1 Å². The van der Waals surface area contributed by atoms with Crippen LogP contribution >= 0.6 is 0 Å². The fraction of sp³-hybridized carbons (Fsp3) is 0.158. The van der Waals surface area contributed by atoms with E-state index in [0.717, 1.165) is 11.1 Å². The van der Waals surface area contributed by atoms with Gasteiger partial charge in [-0.1, -0.05) is 42.0 Å². The largest absolute Gasteiger partial charge is 0.303 e. The second-order valence-electron chi connectivity index (χ2n) is 6.06. The maximum absolute atomic E-state index is 12.8. The lowest BCUT2D eigenvalue weighted by molar-refractivity contribution is -0.135. The number of fused-ring (bicyclic) bond motifs is 1. The summed E-state index contributed by atoms with van der Waals surface area (Å²) in [7, 11) is -4.04.